The third-order valence-corrected chi connectivity index (χ3v) is 4.52. The van der Waals surface area contributed by atoms with Crippen LogP contribution in [-0.2, 0) is 0 Å². The van der Waals surface area contributed by atoms with Gasteiger partial charge in [-0.25, -0.2) is 8.78 Å². The molecule has 0 spiro atoms. The highest BCUT2D eigenvalue weighted by Gasteiger charge is 2.29. The Morgan fingerprint density at radius 2 is 1.89 bits per heavy atom. The minimum atomic E-state index is -0.458. The maximum absolute atomic E-state index is 14.2. The molecule has 0 aliphatic heterocycles. The van der Waals surface area contributed by atoms with E-state index >= 15 is 0 Å². The molecular formula is C14H18BrF2N. The molecule has 4 heteroatoms. The van der Waals surface area contributed by atoms with Gasteiger partial charge < -0.3 is 5.73 Å². The first-order valence-corrected chi connectivity index (χ1v) is 7.28. The molecule has 0 bridgehead atoms. The van der Waals surface area contributed by atoms with E-state index in [1.54, 1.807) is 0 Å². The van der Waals surface area contributed by atoms with Crippen molar-refractivity contribution in [3.8, 4) is 0 Å². The number of hydrogen-bond donors (Lipinski definition) is 1. The highest BCUT2D eigenvalue weighted by atomic mass is 79.9. The summed E-state index contributed by atoms with van der Waals surface area (Å²) in [6.45, 7) is 0.496. The van der Waals surface area contributed by atoms with Crippen LogP contribution in [0.25, 0.3) is 0 Å². The van der Waals surface area contributed by atoms with Crippen molar-refractivity contribution in [3.63, 3.8) is 0 Å². The molecule has 100 valence electrons. The van der Waals surface area contributed by atoms with Crippen molar-refractivity contribution in [1.82, 2.24) is 0 Å². The summed E-state index contributed by atoms with van der Waals surface area (Å²) in [5.74, 6) is -0.804. The lowest BCUT2D eigenvalue weighted by molar-refractivity contribution is 0.381. The van der Waals surface area contributed by atoms with Gasteiger partial charge in [0.2, 0.25) is 0 Å². The molecular weight excluding hydrogens is 300 g/mol. The first kappa shape index (κ1) is 13.9. The van der Waals surface area contributed by atoms with Crippen LogP contribution in [-0.4, -0.2) is 6.54 Å². The van der Waals surface area contributed by atoms with Gasteiger partial charge in [0.1, 0.15) is 11.6 Å². The smallest absolute Gasteiger partial charge is 0.143 e. The van der Waals surface area contributed by atoms with Crippen molar-refractivity contribution < 1.29 is 8.78 Å². The van der Waals surface area contributed by atoms with E-state index in [0.717, 1.165) is 32.1 Å². The lowest BCUT2D eigenvalue weighted by atomic mass is 9.82. The molecule has 0 amide bonds. The highest BCUT2D eigenvalue weighted by Crippen LogP contribution is 2.39. The summed E-state index contributed by atoms with van der Waals surface area (Å²) >= 11 is 3.14. The maximum Gasteiger partial charge on any atom is 0.143 e. The van der Waals surface area contributed by atoms with Crippen LogP contribution in [0.2, 0.25) is 0 Å². The molecule has 2 rings (SSSR count). The topological polar surface area (TPSA) is 26.0 Å². The van der Waals surface area contributed by atoms with Crippen LogP contribution in [0.3, 0.4) is 0 Å². The van der Waals surface area contributed by atoms with Gasteiger partial charge in [-0.15, -0.1) is 0 Å². The van der Waals surface area contributed by atoms with Gasteiger partial charge >= 0.3 is 0 Å². The van der Waals surface area contributed by atoms with E-state index in [-0.39, 0.29) is 17.4 Å². The van der Waals surface area contributed by atoms with Crippen molar-refractivity contribution in [1.29, 1.82) is 0 Å². The zero-order valence-electron chi connectivity index (χ0n) is 10.3. The monoisotopic (exact) mass is 317 g/mol. The van der Waals surface area contributed by atoms with E-state index in [9.17, 15) is 8.78 Å². The fourth-order valence-electron chi connectivity index (χ4n) is 2.93. The minimum Gasteiger partial charge on any atom is -0.330 e. The SMILES string of the molecule is NCC1CCCCCC1c1c(F)ccc(Br)c1F. The first-order valence-electron chi connectivity index (χ1n) is 6.48. The third kappa shape index (κ3) is 2.75. The molecule has 2 atom stereocenters. The average Bonchev–Trinajstić information content (AvgIpc) is 2.60. The second-order valence-corrected chi connectivity index (χ2v) is 5.85. The molecule has 1 aromatic carbocycles. The molecule has 0 aromatic heterocycles. The normalized spacial score (nSPS) is 24.9. The zero-order chi connectivity index (χ0) is 13.1. The molecule has 1 aliphatic rings. The number of rotatable bonds is 2. The zero-order valence-corrected chi connectivity index (χ0v) is 11.8. The van der Waals surface area contributed by atoms with Crippen molar-refractivity contribution in [3.05, 3.63) is 33.8 Å². The van der Waals surface area contributed by atoms with E-state index in [4.69, 9.17) is 5.73 Å². The molecule has 0 saturated heterocycles. The van der Waals surface area contributed by atoms with E-state index in [1.165, 1.54) is 12.1 Å². The molecule has 2 N–H and O–H groups in total. The van der Waals surface area contributed by atoms with Gasteiger partial charge in [-0.3, -0.25) is 0 Å². The lowest BCUT2D eigenvalue weighted by Crippen LogP contribution is -2.23. The van der Waals surface area contributed by atoms with E-state index in [1.807, 2.05) is 0 Å². The van der Waals surface area contributed by atoms with Crippen LogP contribution in [0.4, 0.5) is 8.78 Å². The molecule has 2 unspecified atom stereocenters. The average molecular weight is 318 g/mol. The first-order chi connectivity index (χ1) is 8.65. The van der Waals surface area contributed by atoms with Crippen LogP contribution in [0.15, 0.2) is 16.6 Å². The van der Waals surface area contributed by atoms with Crippen LogP contribution in [0.1, 0.15) is 43.6 Å². The van der Waals surface area contributed by atoms with E-state index < -0.39 is 11.6 Å². The number of halogens is 3. The van der Waals surface area contributed by atoms with Crippen molar-refractivity contribution in [2.45, 2.75) is 38.0 Å². The van der Waals surface area contributed by atoms with Crippen LogP contribution in [0, 0.1) is 17.6 Å². The second kappa shape index (κ2) is 6.11. The van der Waals surface area contributed by atoms with Gasteiger partial charge in [0, 0.05) is 5.56 Å². The maximum atomic E-state index is 14.2. The molecule has 1 aromatic rings. The molecule has 1 nitrogen and oxygen atoms in total. The Bertz CT molecular complexity index is 423. The van der Waals surface area contributed by atoms with Gasteiger partial charge in [-0.2, -0.15) is 0 Å². The second-order valence-electron chi connectivity index (χ2n) is 5.00. The van der Waals surface area contributed by atoms with Crippen molar-refractivity contribution in [2.24, 2.45) is 11.7 Å². The summed E-state index contributed by atoms with van der Waals surface area (Å²) in [7, 11) is 0. The third-order valence-electron chi connectivity index (χ3n) is 3.91. The number of hydrogen-bond acceptors (Lipinski definition) is 1. The van der Waals surface area contributed by atoms with Gasteiger partial charge in [0.15, 0.2) is 0 Å². The Morgan fingerprint density at radius 3 is 2.61 bits per heavy atom. The standard InChI is InChI=1S/C14H18BrF2N/c15-11-6-7-12(16)13(14(11)17)10-5-3-1-2-4-9(10)8-18/h6-7,9-10H,1-5,8,18H2. The Hall–Kier alpha value is -0.480. The van der Waals surface area contributed by atoms with Gasteiger partial charge in [-0.05, 0) is 59.3 Å². The Morgan fingerprint density at radius 1 is 1.17 bits per heavy atom. The Kier molecular flexibility index (Phi) is 4.73. The molecule has 1 fully saturated rings. The van der Waals surface area contributed by atoms with Gasteiger partial charge in [0.25, 0.3) is 0 Å². The number of nitrogens with two attached hydrogens (primary N) is 1. The van der Waals surface area contributed by atoms with Crippen LogP contribution < -0.4 is 5.73 Å². The van der Waals surface area contributed by atoms with Gasteiger partial charge in [0.05, 0.1) is 4.47 Å². The summed E-state index contributed by atoms with van der Waals surface area (Å²) in [6.07, 6.45) is 5.05. The van der Waals surface area contributed by atoms with E-state index in [0.29, 0.717) is 11.0 Å². The predicted octanol–water partition coefficient (Wildman–Crippen LogP) is 4.35. The Balaban J connectivity index is 2.41. The summed E-state index contributed by atoms with van der Waals surface area (Å²) < 4.78 is 28.4. The quantitative estimate of drug-likeness (QED) is 0.637. The lowest BCUT2D eigenvalue weighted by Gasteiger charge is -2.25. The van der Waals surface area contributed by atoms with Crippen LogP contribution in [0.5, 0.6) is 0 Å². The van der Waals surface area contributed by atoms with Crippen molar-refractivity contribution in [2.75, 3.05) is 6.54 Å². The summed E-state index contributed by atoms with van der Waals surface area (Å²) in [5, 5.41) is 0. The molecule has 1 saturated carbocycles. The van der Waals surface area contributed by atoms with E-state index in [2.05, 4.69) is 15.9 Å². The summed E-state index contributed by atoms with van der Waals surface area (Å²) in [5.41, 5.74) is 6.01. The van der Waals surface area contributed by atoms with Gasteiger partial charge in [-0.1, -0.05) is 19.3 Å². The number of benzene rings is 1. The molecule has 18 heavy (non-hydrogen) atoms. The highest BCUT2D eigenvalue weighted by molar-refractivity contribution is 9.10. The largest absolute Gasteiger partial charge is 0.330 e. The molecule has 0 heterocycles. The van der Waals surface area contributed by atoms with Crippen LogP contribution >= 0.6 is 15.9 Å². The molecule has 1 aliphatic carbocycles. The predicted molar refractivity (Wildman–Crippen MR) is 72.4 cm³/mol. The Labute approximate surface area is 115 Å². The fourth-order valence-corrected chi connectivity index (χ4v) is 3.27. The summed E-state index contributed by atoms with van der Waals surface area (Å²) in [6, 6.07) is 2.75. The minimum absolute atomic E-state index is 0.0880. The van der Waals surface area contributed by atoms with Crippen molar-refractivity contribution >= 4 is 15.9 Å². The fraction of sp³-hybridized carbons (Fsp3) is 0.571. The summed E-state index contributed by atoms with van der Waals surface area (Å²) in [4.78, 5) is 0. The molecule has 0 radical (unpaired) electrons.